The van der Waals surface area contributed by atoms with Crippen LogP contribution in [0.15, 0.2) is 53.4 Å². The number of halogens is 1. The van der Waals surface area contributed by atoms with Gasteiger partial charge in [-0.15, -0.1) is 11.8 Å². The van der Waals surface area contributed by atoms with E-state index in [1.807, 2.05) is 23.9 Å². The molecule has 30 heavy (non-hydrogen) atoms. The van der Waals surface area contributed by atoms with Crippen LogP contribution >= 0.6 is 23.4 Å². The summed E-state index contributed by atoms with van der Waals surface area (Å²) in [6.07, 6.45) is 7.70. The number of aryl methyl sites for hydroxylation is 1. The quantitative estimate of drug-likeness (QED) is 0.299. The average Bonchev–Trinajstić information content (AvgIpc) is 3.46. The summed E-state index contributed by atoms with van der Waals surface area (Å²) in [5, 5.41) is 11.5. The van der Waals surface area contributed by atoms with Gasteiger partial charge in [-0.25, -0.2) is 0 Å². The van der Waals surface area contributed by atoms with Gasteiger partial charge in [0.1, 0.15) is 0 Å². The summed E-state index contributed by atoms with van der Waals surface area (Å²) in [4.78, 5) is 1.36. The van der Waals surface area contributed by atoms with Crippen LogP contribution in [0.2, 0.25) is 5.02 Å². The fourth-order valence-corrected chi connectivity index (χ4v) is 5.68. The average molecular weight is 433 g/mol. The maximum absolute atomic E-state index is 9.34. The molecule has 4 heteroatoms. The molecule has 0 N–H and O–H groups in total. The van der Waals surface area contributed by atoms with Crippen molar-refractivity contribution < 1.29 is 0 Å². The van der Waals surface area contributed by atoms with E-state index in [0.29, 0.717) is 17.4 Å². The smallest absolute Gasteiger partial charge is 0.0941 e. The number of hydrogen-bond acceptors (Lipinski definition) is 2. The van der Waals surface area contributed by atoms with Crippen molar-refractivity contribution in [2.45, 2.75) is 55.4 Å². The molecule has 0 spiro atoms. The molecule has 2 aromatic carbocycles. The molecule has 1 fully saturated rings. The fourth-order valence-electron chi connectivity index (χ4n) is 5.07. The van der Waals surface area contributed by atoms with Crippen LogP contribution in [-0.4, -0.2) is 10.8 Å². The van der Waals surface area contributed by atoms with Crippen LogP contribution in [0.1, 0.15) is 59.9 Å². The van der Waals surface area contributed by atoms with Gasteiger partial charge < -0.3 is 4.57 Å². The van der Waals surface area contributed by atoms with Crippen molar-refractivity contribution in [1.82, 2.24) is 4.57 Å². The first-order valence-electron chi connectivity index (χ1n) is 10.6. The predicted octanol–water partition coefficient (Wildman–Crippen LogP) is 7.44. The van der Waals surface area contributed by atoms with E-state index in [4.69, 9.17) is 11.6 Å². The van der Waals surface area contributed by atoms with E-state index in [9.17, 15) is 5.26 Å². The third-order valence-electron chi connectivity index (χ3n) is 6.60. The lowest BCUT2D eigenvalue weighted by Gasteiger charge is -2.18. The van der Waals surface area contributed by atoms with Gasteiger partial charge in [0.15, 0.2) is 0 Å². The molecule has 0 radical (unpaired) electrons. The Morgan fingerprint density at radius 1 is 1.23 bits per heavy atom. The highest BCUT2D eigenvalue weighted by molar-refractivity contribution is 7.98. The molecule has 0 saturated heterocycles. The van der Waals surface area contributed by atoms with Gasteiger partial charge >= 0.3 is 0 Å². The van der Waals surface area contributed by atoms with Crippen LogP contribution in [0, 0.1) is 11.3 Å². The number of allylic oxidation sites excluding steroid dienone is 1. The summed E-state index contributed by atoms with van der Waals surface area (Å²) in [5.74, 6) is 1.06. The Morgan fingerprint density at radius 3 is 2.67 bits per heavy atom. The summed E-state index contributed by atoms with van der Waals surface area (Å²) in [7, 11) is 0. The Balaban J connectivity index is 1.72. The van der Waals surface area contributed by atoms with Crippen molar-refractivity contribution in [3.8, 4) is 6.07 Å². The molecule has 0 amide bonds. The minimum Gasteiger partial charge on any atom is -0.339 e. The third kappa shape index (κ3) is 3.47. The molecule has 2 nitrogen and oxygen atoms in total. The number of benzene rings is 2. The van der Waals surface area contributed by atoms with Gasteiger partial charge in [0, 0.05) is 39.0 Å². The zero-order valence-corrected chi connectivity index (χ0v) is 18.8. The molecular formula is C26H25ClN2S. The van der Waals surface area contributed by atoms with E-state index in [1.165, 1.54) is 51.0 Å². The standard InChI is InChI=1S/C26H25ClN2S/c1-16(14-28)11-19-7-10-22-24-13-21(30-2)12-23(18-5-6-18)26(24)29(25(19)22)15-17-3-8-20(27)9-4-17/h3-4,8-9,12-13,18-19H,1,5-7,10-11,15H2,2H3. The molecule has 1 atom stereocenters. The summed E-state index contributed by atoms with van der Waals surface area (Å²) >= 11 is 7.98. The first kappa shape index (κ1) is 19.8. The monoisotopic (exact) mass is 432 g/mol. The minimum absolute atomic E-state index is 0.372. The van der Waals surface area contributed by atoms with E-state index < -0.39 is 0 Å². The van der Waals surface area contributed by atoms with Gasteiger partial charge in [0.05, 0.1) is 11.6 Å². The highest BCUT2D eigenvalue weighted by Gasteiger charge is 2.34. The van der Waals surface area contributed by atoms with Gasteiger partial charge in [0.2, 0.25) is 0 Å². The van der Waals surface area contributed by atoms with E-state index in [-0.39, 0.29) is 0 Å². The first-order chi connectivity index (χ1) is 14.6. The van der Waals surface area contributed by atoms with E-state index in [2.05, 4.69) is 47.7 Å². The molecule has 2 aliphatic carbocycles. The summed E-state index contributed by atoms with van der Waals surface area (Å²) in [6, 6.07) is 15.3. The summed E-state index contributed by atoms with van der Waals surface area (Å²) in [5.41, 5.74) is 7.80. The molecule has 1 aromatic heterocycles. The second kappa shape index (κ2) is 7.84. The molecule has 1 unspecified atom stereocenters. The van der Waals surface area contributed by atoms with Crippen molar-refractivity contribution in [2.24, 2.45) is 0 Å². The highest BCUT2D eigenvalue weighted by Crippen LogP contribution is 2.49. The topological polar surface area (TPSA) is 28.7 Å². The lowest BCUT2D eigenvalue weighted by molar-refractivity contribution is 0.625. The third-order valence-corrected chi connectivity index (χ3v) is 7.55. The number of nitriles is 1. The number of fused-ring (bicyclic) bond motifs is 3. The SMILES string of the molecule is C=C(C#N)CC1CCc2c1n(Cc1ccc(Cl)cc1)c1c(C3CC3)cc(SC)cc21. The van der Waals surface area contributed by atoms with Gasteiger partial charge in [0.25, 0.3) is 0 Å². The van der Waals surface area contributed by atoms with Crippen LogP contribution in [0.3, 0.4) is 0 Å². The number of nitrogens with zero attached hydrogens (tertiary/aromatic N) is 2. The molecule has 5 rings (SSSR count). The Morgan fingerprint density at radius 2 is 2.00 bits per heavy atom. The molecule has 152 valence electrons. The van der Waals surface area contributed by atoms with Gasteiger partial charge in [-0.05, 0) is 85.2 Å². The molecule has 1 heterocycles. The minimum atomic E-state index is 0.372. The molecule has 2 aliphatic rings. The van der Waals surface area contributed by atoms with Crippen molar-refractivity contribution in [3.63, 3.8) is 0 Å². The zero-order valence-electron chi connectivity index (χ0n) is 17.2. The number of thioether (sulfide) groups is 1. The lowest BCUT2D eigenvalue weighted by Crippen LogP contribution is -2.09. The maximum Gasteiger partial charge on any atom is 0.0941 e. The molecule has 0 bridgehead atoms. The van der Waals surface area contributed by atoms with Crippen molar-refractivity contribution >= 4 is 34.3 Å². The molecule has 1 saturated carbocycles. The molecular weight excluding hydrogens is 408 g/mol. The van der Waals surface area contributed by atoms with Gasteiger partial charge in [-0.3, -0.25) is 0 Å². The summed E-state index contributed by atoms with van der Waals surface area (Å²) in [6.45, 7) is 4.83. The Bertz CT molecular complexity index is 1180. The normalized spacial score (nSPS) is 17.8. The van der Waals surface area contributed by atoms with E-state index in [1.54, 1.807) is 0 Å². The van der Waals surface area contributed by atoms with E-state index >= 15 is 0 Å². The second-order valence-electron chi connectivity index (χ2n) is 8.62. The Hall–Kier alpha value is -2.15. The molecule has 0 aliphatic heterocycles. The van der Waals surface area contributed by atoms with Crippen LogP contribution in [0.25, 0.3) is 10.9 Å². The lowest BCUT2D eigenvalue weighted by atomic mass is 9.98. The number of hydrogen-bond donors (Lipinski definition) is 0. The van der Waals surface area contributed by atoms with Crippen LogP contribution in [0.4, 0.5) is 0 Å². The van der Waals surface area contributed by atoms with Crippen molar-refractivity contribution in [3.05, 3.63) is 76.0 Å². The van der Waals surface area contributed by atoms with Crippen LogP contribution < -0.4 is 0 Å². The largest absolute Gasteiger partial charge is 0.339 e. The van der Waals surface area contributed by atoms with Crippen LogP contribution in [0.5, 0.6) is 0 Å². The number of aromatic nitrogens is 1. The zero-order chi connectivity index (χ0) is 20.8. The Kier molecular flexibility index (Phi) is 5.17. The highest BCUT2D eigenvalue weighted by atomic mass is 35.5. The Labute approximate surface area is 187 Å². The van der Waals surface area contributed by atoms with E-state index in [0.717, 1.165) is 30.8 Å². The molecule has 3 aromatic rings. The first-order valence-corrected chi connectivity index (χ1v) is 12.2. The van der Waals surface area contributed by atoms with Crippen molar-refractivity contribution in [2.75, 3.05) is 6.26 Å². The predicted molar refractivity (Wildman–Crippen MR) is 127 cm³/mol. The maximum atomic E-state index is 9.34. The van der Waals surface area contributed by atoms with Gasteiger partial charge in [-0.2, -0.15) is 5.26 Å². The second-order valence-corrected chi connectivity index (χ2v) is 9.93. The number of rotatable bonds is 6. The fraction of sp³-hybridized carbons (Fsp3) is 0.346. The van der Waals surface area contributed by atoms with Crippen LogP contribution in [-0.2, 0) is 13.0 Å². The van der Waals surface area contributed by atoms with Crippen molar-refractivity contribution in [1.29, 1.82) is 5.26 Å². The van der Waals surface area contributed by atoms with Gasteiger partial charge in [-0.1, -0.05) is 30.3 Å². The summed E-state index contributed by atoms with van der Waals surface area (Å²) < 4.78 is 2.56.